The summed E-state index contributed by atoms with van der Waals surface area (Å²) in [5.74, 6) is 0.665. The van der Waals surface area contributed by atoms with E-state index in [2.05, 4.69) is 5.10 Å². The number of carbonyl (C=O) groups is 1. The molecular weight excluding hydrogens is 264 g/mol. The molecule has 0 aliphatic carbocycles. The van der Waals surface area contributed by atoms with Crippen molar-refractivity contribution in [2.45, 2.75) is 38.8 Å². The molecular formula is C14H15ClN2O2. The van der Waals surface area contributed by atoms with Crippen molar-refractivity contribution in [2.75, 3.05) is 0 Å². The summed E-state index contributed by atoms with van der Waals surface area (Å²) in [6.07, 6.45) is 0.886. The van der Waals surface area contributed by atoms with Crippen LogP contribution in [-0.4, -0.2) is 22.7 Å². The Morgan fingerprint density at radius 3 is 3.05 bits per heavy atom. The van der Waals surface area contributed by atoms with E-state index in [9.17, 15) is 4.79 Å². The molecule has 4 nitrogen and oxygen atoms in total. The zero-order chi connectivity index (χ0) is 13.6. The number of nitrogens with zero attached hydrogens (tertiary/aromatic N) is 2. The van der Waals surface area contributed by atoms with Crippen molar-refractivity contribution < 1.29 is 9.53 Å². The van der Waals surface area contributed by atoms with E-state index in [-0.39, 0.29) is 11.9 Å². The highest BCUT2D eigenvalue weighted by molar-refractivity contribution is 6.30. The second-order valence-electron chi connectivity index (χ2n) is 4.93. The van der Waals surface area contributed by atoms with Crippen LogP contribution in [-0.2, 0) is 4.79 Å². The number of hydrogen-bond acceptors (Lipinski definition) is 3. The minimum Gasteiger partial charge on any atom is -0.480 e. The summed E-state index contributed by atoms with van der Waals surface area (Å²) in [5.41, 5.74) is 1.90. The highest BCUT2D eigenvalue weighted by Crippen LogP contribution is 2.41. The number of benzene rings is 1. The number of ether oxygens (including phenoxy) is 1. The maximum atomic E-state index is 12.4. The van der Waals surface area contributed by atoms with E-state index in [1.165, 1.54) is 0 Å². The van der Waals surface area contributed by atoms with Gasteiger partial charge >= 0.3 is 0 Å². The molecule has 0 saturated carbocycles. The molecule has 0 radical (unpaired) electrons. The number of halogens is 1. The lowest BCUT2D eigenvalue weighted by Crippen LogP contribution is -2.36. The van der Waals surface area contributed by atoms with Crippen molar-refractivity contribution in [3.63, 3.8) is 0 Å². The molecule has 0 N–H and O–H groups in total. The Hall–Kier alpha value is -1.55. The number of hydrazone groups is 1. The Balaban J connectivity index is 2.12. The van der Waals surface area contributed by atoms with Gasteiger partial charge < -0.3 is 4.74 Å². The van der Waals surface area contributed by atoms with E-state index in [0.717, 1.165) is 23.4 Å². The Bertz CT molecular complexity index is 571. The molecule has 1 amide bonds. The van der Waals surface area contributed by atoms with Crippen LogP contribution < -0.4 is 4.74 Å². The quantitative estimate of drug-likeness (QED) is 0.792. The van der Waals surface area contributed by atoms with Gasteiger partial charge in [-0.15, -0.1) is 0 Å². The molecule has 2 aliphatic rings. The van der Waals surface area contributed by atoms with Gasteiger partial charge in [-0.05, 0) is 31.5 Å². The molecule has 2 heterocycles. The maximum Gasteiger partial charge on any atom is 0.284 e. The van der Waals surface area contributed by atoms with Crippen molar-refractivity contribution >= 4 is 23.2 Å². The van der Waals surface area contributed by atoms with Crippen LogP contribution in [0.15, 0.2) is 23.3 Å². The highest BCUT2D eigenvalue weighted by atomic mass is 35.5. The van der Waals surface area contributed by atoms with Crippen LogP contribution in [0.25, 0.3) is 0 Å². The molecule has 0 spiro atoms. The first-order valence-corrected chi connectivity index (χ1v) is 6.81. The van der Waals surface area contributed by atoms with Crippen LogP contribution in [0.1, 0.15) is 38.3 Å². The van der Waals surface area contributed by atoms with E-state index in [1.807, 2.05) is 26.0 Å². The topological polar surface area (TPSA) is 41.9 Å². The van der Waals surface area contributed by atoms with Gasteiger partial charge in [0.2, 0.25) is 0 Å². The smallest absolute Gasteiger partial charge is 0.284 e. The third kappa shape index (κ3) is 2.00. The minimum absolute atomic E-state index is 0.0725. The standard InChI is InChI=1S/C14H15ClN2O2/c1-3-12-14(18)17-11(6-8(2)16-17)10-7-9(15)4-5-13(10)19-12/h4-5,7,11-12H,3,6H2,1-2H3. The zero-order valence-corrected chi connectivity index (χ0v) is 11.6. The van der Waals surface area contributed by atoms with Crippen molar-refractivity contribution in [3.8, 4) is 5.75 Å². The summed E-state index contributed by atoms with van der Waals surface area (Å²) in [7, 11) is 0. The molecule has 2 unspecified atom stereocenters. The molecule has 2 aliphatic heterocycles. The molecule has 0 fully saturated rings. The number of carbonyl (C=O) groups excluding carboxylic acids is 1. The van der Waals surface area contributed by atoms with Crippen LogP contribution >= 0.6 is 11.6 Å². The largest absolute Gasteiger partial charge is 0.480 e. The van der Waals surface area contributed by atoms with Crippen LogP contribution in [0.4, 0.5) is 0 Å². The highest BCUT2D eigenvalue weighted by Gasteiger charge is 2.39. The van der Waals surface area contributed by atoms with E-state index < -0.39 is 6.10 Å². The second-order valence-corrected chi connectivity index (χ2v) is 5.37. The molecule has 5 heteroatoms. The van der Waals surface area contributed by atoms with Gasteiger partial charge in [0.25, 0.3) is 5.91 Å². The number of amides is 1. The summed E-state index contributed by atoms with van der Waals surface area (Å²) in [5, 5.41) is 6.56. The maximum absolute atomic E-state index is 12.4. The molecule has 1 aromatic carbocycles. The minimum atomic E-state index is -0.473. The van der Waals surface area contributed by atoms with Gasteiger partial charge in [0.1, 0.15) is 5.75 Å². The normalized spacial score (nSPS) is 25.3. The average Bonchev–Trinajstić information content (AvgIpc) is 2.74. The summed E-state index contributed by atoms with van der Waals surface area (Å²) in [4.78, 5) is 12.4. The number of hydrogen-bond donors (Lipinski definition) is 0. The SMILES string of the molecule is CCC1Oc2ccc(Cl)cc2C2CC(C)=NN2C1=O. The van der Waals surface area contributed by atoms with Gasteiger partial charge in [-0.25, -0.2) is 5.01 Å². The van der Waals surface area contributed by atoms with E-state index in [1.54, 1.807) is 11.1 Å². The van der Waals surface area contributed by atoms with Crippen LogP contribution in [0.5, 0.6) is 5.75 Å². The van der Waals surface area contributed by atoms with Crippen LogP contribution in [0, 0.1) is 0 Å². The summed E-state index contributed by atoms with van der Waals surface area (Å²) < 4.78 is 5.83. The molecule has 100 valence electrons. The Morgan fingerprint density at radius 1 is 1.53 bits per heavy atom. The van der Waals surface area contributed by atoms with Gasteiger partial charge in [0, 0.05) is 22.7 Å². The molecule has 0 bridgehead atoms. The van der Waals surface area contributed by atoms with Gasteiger partial charge in [0.05, 0.1) is 6.04 Å². The van der Waals surface area contributed by atoms with Crippen molar-refractivity contribution in [2.24, 2.45) is 5.10 Å². The number of fused-ring (bicyclic) bond motifs is 3. The first kappa shape index (κ1) is 12.5. The van der Waals surface area contributed by atoms with Crippen molar-refractivity contribution in [3.05, 3.63) is 28.8 Å². The lowest BCUT2D eigenvalue weighted by Gasteiger charge is -2.20. The van der Waals surface area contributed by atoms with Crippen LogP contribution in [0.2, 0.25) is 5.02 Å². The fourth-order valence-electron chi connectivity index (χ4n) is 2.60. The van der Waals surface area contributed by atoms with Crippen molar-refractivity contribution in [1.29, 1.82) is 0 Å². The van der Waals surface area contributed by atoms with E-state index >= 15 is 0 Å². The Kier molecular flexibility index (Phi) is 2.97. The van der Waals surface area contributed by atoms with Gasteiger partial charge in [-0.3, -0.25) is 4.79 Å². The lowest BCUT2D eigenvalue weighted by molar-refractivity contribution is -0.139. The fourth-order valence-corrected chi connectivity index (χ4v) is 2.78. The molecule has 0 aromatic heterocycles. The van der Waals surface area contributed by atoms with Gasteiger partial charge in [-0.1, -0.05) is 18.5 Å². The summed E-state index contributed by atoms with van der Waals surface area (Å²) in [6, 6.07) is 5.41. The van der Waals surface area contributed by atoms with E-state index in [4.69, 9.17) is 16.3 Å². The second kappa shape index (κ2) is 4.53. The van der Waals surface area contributed by atoms with Gasteiger partial charge in [0.15, 0.2) is 6.10 Å². The lowest BCUT2D eigenvalue weighted by atomic mass is 10.0. The van der Waals surface area contributed by atoms with E-state index in [0.29, 0.717) is 11.4 Å². The predicted octanol–water partition coefficient (Wildman–Crippen LogP) is 3.16. The molecule has 19 heavy (non-hydrogen) atoms. The first-order valence-electron chi connectivity index (χ1n) is 6.43. The third-order valence-corrected chi connectivity index (χ3v) is 3.77. The molecule has 1 aromatic rings. The van der Waals surface area contributed by atoms with Crippen LogP contribution in [0.3, 0.4) is 0 Å². The fraction of sp³-hybridized carbons (Fsp3) is 0.429. The van der Waals surface area contributed by atoms with Crippen molar-refractivity contribution in [1.82, 2.24) is 5.01 Å². The zero-order valence-electron chi connectivity index (χ0n) is 10.9. The Labute approximate surface area is 117 Å². The summed E-state index contributed by atoms with van der Waals surface area (Å²) in [6.45, 7) is 3.87. The molecule has 3 rings (SSSR count). The third-order valence-electron chi connectivity index (χ3n) is 3.53. The number of rotatable bonds is 1. The first-order chi connectivity index (χ1) is 9.10. The molecule has 2 atom stereocenters. The summed E-state index contributed by atoms with van der Waals surface area (Å²) >= 11 is 6.07. The molecule has 0 saturated heterocycles. The van der Waals surface area contributed by atoms with Gasteiger partial charge in [-0.2, -0.15) is 5.10 Å². The predicted molar refractivity (Wildman–Crippen MR) is 73.5 cm³/mol. The monoisotopic (exact) mass is 278 g/mol. The Morgan fingerprint density at radius 2 is 2.32 bits per heavy atom. The average molecular weight is 279 g/mol.